The summed E-state index contributed by atoms with van der Waals surface area (Å²) in [6, 6.07) is 0. The molecule has 0 aromatic carbocycles. The van der Waals surface area contributed by atoms with Crippen LogP contribution in [-0.2, 0) is 4.79 Å². The maximum Gasteiger partial charge on any atom is 0.303 e. The molecule has 0 amide bonds. The van der Waals surface area contributed by atoms with E-state index in [0.717, 1.165) is 19.4 Å². The Labute approximate surface area is 125 Å². The highest BCUT2D eigenvalue weighted by atomic mass is 16.4. The van der Waals surface area contributed by atoms with E-state index in [0.29, 0.717) is 6.42 Å². The lowest BCUT2D eigenvalue weighted by Crippen LogP contribution is -2.16. The van der Waals surface area contributed by atoms with Gasteiger partial charge in [-0.05, 0) is 32.4 Å². The number of hydrogen-bond acceptors (Lipinski definition) is 2. The number of carboxylic acid groups (broad SMARTS) is 1. The molecule has 0 fully saturated rings. The van der Waals surface area contributed by atoms with Crippen molar-refractivity contribution >= 4 is 5.97 Å². The first-order valence-corrected chi connectivity index (χ1v) is 8.70. The van der Waals surface area contributed by atoms with Gasteiger partial charge in [0.15, 0.2) is 0 Å². The fraction of sp³-hybridized carbons (Fsp3) is 0.941. The van der Waals surface area contributed by atoms with Crippen LogP contribution in [-0.4, -0.2) is 24.2 Å². The number of aliphatic carboxylic acids is 1. The fourth-order valence-electron chi connectivity index (χ4n) is 2.39. The molecule has 0 aliphatic heterocycles. The molecule has 3 nitrogen and oxygen atoms in total. The van der Waals surface area contributed by atoms with Crippen LogP contribution >= 0.6 is 0 Å². The summed E-state index contributed by atoms with van der Waals surface area (Å²) in [5.74, 6) is -0.663. The van der Waals surface area contributed by atoms with E-state index in [1.165, 1.54) is 70.8 Å². The van der Waals surface area contributed by atoms with Gasteiger partial charge in [-0.25, -0.2) is 0 Å². The van der Waals surface area contributed by atoms with E-state index in [2.05, 4.69) is 12.2 Å². The van der Waals surface area contributed by atoms with Gasteiger partial charge in [0.2, 0.25) is 0 Å². The summed E-state index contributed by atoms with van der Waals surface area (Å²) in [5.41, 5.74) is 0. The van der Waals surface area contributed by atoms with Gasteiger partial charge in [0, 0.05) is 6.42 Å². The molecule has 0 bridgehead atoms. The standard InChI is InChI=1S/C17H35NO2/c1-2-3-4-5-9-12-15-18-16-13-10-7-6-8-11-14-17(19)20/h18H,2-16H2,1H3,(H,19,20). The monoisotopic (exact) mass is 285 g/mol. The lowest BCUT2D eigenvalue weighted by atomic mass is 10.1. The van der Waals surface area contributed by atoms with Crippen molar-refractivity contribution in [2.45, 2.75) is 90.4 Å². The number of unbranched alkanes of at least 4 members (excludes halogenated alkanes) is 10. The number of carbonyl (C=O) groups is 1. The van der Waals surface area contributed by atoms with Crippen molar-refractivity contribution in [3.63, 3.8) is 0 Å². The molecule has 0 saturated heterocycles. The highest BCUT2D eigenvalue weighted by molar-refractivity contribution is 5.66. The third-order valence-corrected chi connectivity index (χ3v) is 3.70. The smallest absolute Gasteiger partial charge is 0.303 e. The first-order valence-electron chi connectivity index (χ1n) is 8.70. The molecule has 20 heavy (non-hydrogen) atoms. The summed E-state index contributed by atoms with van der Waals surface area (Å²) in [7, 11) is 0. The van der Waals surface area contributed by atoms with E-state index < -0.39 is 5.97 Å². The highest BCUT2D eigenvalue weighted by Gasteiger charge is 1.96. The minimum atomic E-state index is -0.663. The molecule has 3 heteroatoms. The van der Waals surface area contributed by atoms with Gasteiger partial charge in [-0.1, -0.05) is 64.7 Å². The SMILES string of the molecule is CCCCCCCCNCCCCCCCCC(=O)O. The van der Waals surface area contributed by atoms with E-state index in [4.69, 9.17) is 5.11 Å². The van der Waals surface area contributed by atoms with Crippen molar-refractivity contribution in [2.75, 3.05) is 13.1 Å². The minimum absolute atomic E-state index is 0.333. The van der Waals surface area contributed by atoms with Gasteiger partial charge in [-0.3, -0.25) is 4.79 Å². The molecule has 0 radical (unpaired) electrons. The quantitative estimate of drug-likeness (QED) is 0.402. The second kappa shape index (κ2) is 16.5. The molecule has 0 aromatic rings. The Balaban J connectivity index is 2.94. The third kappa shape index (κ3) is 17.4. The molecule has 120 valence electrons. The zero-order valence-corrected chi connectivity index (χ0v) is 13.5. The van der Waals surface area contributed by atoms with Gasteiger partial charge in [0.1, 0.15) is 0 Å². The molecule has 0 heterocycles. The van der Waals surface area contributed by atoms with Crippen LogP contribution in [0, 0.1) is 0 Å². The average molecular weight is 285 g/mol. The van der Waals surface area contributed by atoms with Crippen LogP contribution in [0.2, 0.25) is 0 Å². The number of hydrogen-bond donors (Lipinski definition) is 2. The number of rotatable bonds is 16. The molecule has 0 atom stereocenters. The van der Waals surface area contributed by atoms with Gasteiger partial charge >= 0.3 is 5.97 Å². The first-order chi connectivity index (χ1) is 9.77. The summed E-state index contributed by atoms with van der Waals surface area (Å²) >= 11 is 0. The van der Waals surface area contributed by atoms with Gasteiger partial charge in [0.25, 0.3) is 0 Å². The second-order valence-electron chi connectivity index (χ2n) is 5.78. The zero-order chi connectivity index (χ0) is 14.9. The molecule has 0 aliphatic carbocycles. The Morgan fingerprint density at radius 2 is 1.20 bits per heavy atom. The van der Waals surface area contributed by atoms with Crippen LogP contribution in [0.1, 0.15) is 90.4 Å². The molecular weight excluding hydrogens is 250 g/mol. The predicted molar refractivity (Wildman–Crippen MR) is 86.2 cm³/mol. The molecule has 0 spiro atoms. The Bertz CT molecular complexity index is 207. The predicted octanol–water partition coefficient (Wildman–Crippen LogP) is 4.75. The average Bonchev–Trinajstić information content (AvgIpc) is 2.43. The number of nitrogens with one attached hydrogen (secondary N) is 1. The molecule has 0 rings (SSSR count). The summed E-state index contributed by atoms with van der Waals surface area (Å²) < 4.78 is 0. The first kappa shape index (κ1) is 19.4. The summed E-state index contributed by atoms with van der Waals surface area (Å²) in [6.07, 6.45) is 15.4. The molecule has 0 unspecified atom stereocenters. The maximum atomic E-state index is 10.3. The molecule has 2 N–H and O–H groups in total. The van der Waals surface area contributed by atoms with E-state index >= 15 is 0 Å². The van der Waals surface area contributed by atoms with Gasteiger partial charge in [-0.15, -0.1) is 0 Å². The van der Waals surface area contributed by atoms with Crippen molar-refractivity contribution in [2.24, 2.45) is 0 Å². The van der Waals surface area contributed by atoms with Crippen molar-refractivity contribution in [1.82, 2.24) is 5.32 Å². The lowest BCUT2D eigenvalue weighted by Gasteiger charge is -2.05. The van der Waals surface area contributed by atoms with Gasteiger partial charge in [-0.2, -0.15) is 0 Å². The van der Waals surface area contributed by atoms with Crippen molar-refractivity contribution in [1.29, 1.82) is 0 Å². The number of carboxylic acids is 1. The molecular formula is C17H35NO2. The zero-order valence-electron chi connectivity index (χ0n) is 13.5. The normalized spacial score (nSPS) is 10.8. The van der Waals surface area contributed by atoms with Crippen LogP contribution in [0.15, 0.2) is 0 Å². The highest BCUT2D eigenvalue weighted by Crippen LogP contribution is 2.07. The van der Waals surface area contributed by atoms with Crippen molar-refractivity contribution in [3.8, 4) is 0 Å². The van der Waals surface area contributed by atoms with Crippen molar-refractivity contribution in [3.05, 3.63) is 0 Å². The van der Waals surface area contributed by atoms with Crippen LogP contribution in [0.4, 0.5) is 0 Å². The van der Waals surface area contributed by atoms with Crippen LogP contribution in [0.3, 0.4) is 0 Å². The Kier molecular flexibility index (Phi) is 16.0. The van der Waals surface area contributed by atoms with Gasteiger partial charge in [0.05, 0.1) is 0 Å². The Morgan fingerprint density at radius 1 is 0.750 bits per heavy atom. The second-order valence-corrected chi connectivity index (χ2v) is 5.78. The Morgan fingerprint density at radius 3 is 1.70 bits per heavy atom. The fourth-order valence-corrected chi connectivity index (χ4v) is 2.39. The minimum Gasteiger partial charge on any atom is -0.481 e. The van der Waals surface area contributed by atoms with E-state index in [1.54, 1.807) is 0 Å². The largest absolute Gasteiger partial charge is 0.481 e. The van der Waals surface area contributed by atoms with Crippen molar-refractivity contribution < 1.29 is 9.90 Å². The molecule has 0 aromatic heterocycles. The van der Waals surface area contributed by atoms with Crippen LogP contribution in [0.25, 0.3) is 0 Å². The Hall–Kier alpha value is -0.570. The van der Waals surface area contributed by atoms with E-state index in [9.17, 15) is 4.79 Å². The van der Waals surface area contributed by atoms with Gasteiger partial charge < -0.3 is 10.4 Å². The lowest BCUT2D eigenvalue weighted by molar-refractivity contribution is -0.137. The molecule has 0 saturated carbocycles. The van der Waals surface area contributed by atoms with E-state index in [1.807, 2.05) is 0 Å². The van der Waals surface area contributed by atoms with Crippen LogP contribution in [0.5, 0.6) is 0 Å². The van der Waals surface area contributed by atoms with E-state index in [-0.39, 0.29) is 0 Å². The molecule has 0 aliphatic rings. The summed E-state index contributed by atoms with van der Waals surface area (Å²) in [5, 5.41) is 12.0. The topological polar surface area (TPSA) is 49.3 Å². The third-order valence-electron chi connectivity index (χ3n) is 3.70. The summed E-state index contributed by atoms with van der Waals surface area (Å²) in [6.45, 7) is 4.57. The van der Waals surface area contributed by atoms with Crippen LogP contribution < -0.4 is 5.32 Å². The maximum absolute atomic E-state index is 10.3. The summed E-state index contributed by atoms with van der Waals surface area (Å²) in [4.78, 5) is 10.3.